The van der Waals surface area contributed by atoms with Gasteiger partial charge in [-0.2, -0.15) is 18.3 Å². The molecule has 1 aromatic heterocycles. The lowest BCUT2D eigenvalue weighted by molar-refractivity contribution is -0.141. The van der Waals surface area contributed by atoms with Gasteiger partial charge >= 0.3 is 12.3 Å². The Morgan fingerprint density at radius 2 is 1.74 bits per heavy atom. The van der Waals surface area contributed by atoms with Crippen LogP contribution in [0.15, 0.2) is 42.5 Å². The number of carbonyl (C=O) groups is 3. The zero-order valence-corrected chi connectivity index (χ0v) is 26.3. The lowest BCUT2D eigenvalue weighted by Crippen LogP contribution is -2.46. The lowest BCUT2D eigenvalue weighted by Gasteiger charge is -2.32. The quantitative estimate of drug-likeness (QED) is 0.213. The third-order valence-electron chi connectivity index (χ3n) is 7.46. The standard InChI is InChI=1S/C32H38F3N5O6/c1-30(2,3)39(29(43)44)12-13-45-14-15-46-21-9-6-19(7-10-21)37-23-16-20(8-11-22(23)28(36)42)40-24-17-31(4,5)18-25(41)26(24)27(38-40)32(33,34)35/h6-11,16,37H,12-15,17-18H2,1-5H3,(H2,36,42)(H,43,44). The molecule has 0 radical (unpaired) electrons. The number of nitrogens with one attached hydrogen (secondary N) is 1. The molecular formula is C32H38F3N5O6. The molecule has 0 bridgehead atoms. The van der Waals surface area contributed by atoms with Gasteiger partial charge in [0.2, 0.25) is 0 Å². The van der Waals surface area contributed by atoms with Gasteiger partial charge in [-0.15, -0.1) is 0 Å². The van der Waals surface area contributed by atoms with Crippen LogP contribution in [0.25, 0.3) is 5.69 Å². The highest BCUT2D eigenvalue weighted by Gasteiger charge is 2.45. The maximum absolute atomic E-state index is 13.9. The SMILES string of the molecule is CC1(C)CC(=O)c2c(C(F)(F)F)nn(-c3ccc(C(N)=O)c(Nc4ccc(OCCOCCN(C(=O)O)C(C)(C)C)cc4)c3)c2C1. The molecule has 2 aromatic carbocycles. The van der Waals surface area contributed by atoms with Crippen LogP contribution in [0.4, 0.5) is 29.3 Å². The van der Waals surface area contributed by atoms with E-state index in [9.17, 15) is 32.7 Å². The van der Waals surface area contributed by atoms with Crippen molar-refractivity contribution in [1.82, 2.24) is 14.7 Å². The van der Waals surface area contributed by atoms with E-state index >= 15 is 0 Å². The summed E-state index contributed by atoms with van der Waals surface area (Å²) in [5.41, 5.74) is 4.07. The molecule has 0 saturated carbocycles. The highest BCUT2D eigenvalue weighted by Crippen LogP contribution is 2.42. The number of nitrogens with zero attached hydrogens (tertiary/aromatic N) is 3. The first-order valence-electron chi connectivity index (χ1n) is 14.6. The van der Waals surface area contributed by atoms with E-state index in [4.69, 9.17) is 15.2 Å². The molecule has 248 valence electrons. The minimum absolute atomic E-state index is 0.0299. The summed E-state index contributed by atoms with van der Waals surface area (Å²) >= 11 is 0. The Labute approximate surface area is 264 Å². The first-order chi connectivity index (χ1) is 21.4. The molecule has 4 rings (SSSR count). The Hall–Kier alpha value is -4.59. The van der Waals surface area contributed by atoms with Gasteiger partial charge in [0.15, 0.2) is 11.5 Å². The molecule has 46 heavy (non-hydrogen) atoms. The van der Waals surface area contributed by atoms with E-state index in [0.29, 0.717) is 11.4 Å². The van der Waals surface area contributed by atoms with Crippen molar-refractivity contribution in [3.8, 4) is 11.4 Å². The number of primary amides is 1. The summed E-state index contributed by atoms with van der Waals surface area (Å²) in [6.45, 7) is 9.92. The first kappa shape index (κ1) is 34.3. The second-order valence-corrected chi connectivity index (χ2v) is 12.8. The van der Waals surface area contributed by atoms with Gasteiger partial charge < -0.3 is 30.5 Å². The minimum atomic E-state index is -4.83. The summed E-state index contributed by atoms with van der Waals surface area (Å²) in [7, 11) is 0. The van der Waals surface area contributed by atoms with Crippen LogP contribution in [-0.2, 0) is 17.3 Å². The molecule has 1 heterocycles. The average Bonchev–Trinajstić information content (AvgIpc) is 3.31. The van der Waals surface area contributed by atoms with Crippen molar-refractivity contribution in [1.29, 1.82) is 0 Å². The molecule has 1 aliphatic carbocycles. The van der Waals surface area contributed by atoms with Gasteiger partial charge in [-0.25, -0.2) is 9.48 Å². The Balaban J connectivity index is 1.48. The van der Waals surface area contributed by atoms with Crippen LogP contribution in [-0.4, -0.2) is 69.5 Å². The molecule has 14 heteroatoms. The number of anilines is 2. The van der Waals surface area contributed by atoms with E-state index in [1.165, 1.54) is 23.1 Å². The molecule has 2 amide bonds. The number of Topliss-reactive ketones (excluding diaryl/α,β-unsaturated/α-hetero) is 1. The van der Waals surface area contributed by atoms with Crippen molar-refractivity contribution < 1.29 is 42.1 Å². The smallest absolute Gasteiger partial charge is 0.435 e. The second kappa shape index (κ2) is 13.0. The highest BCUT2D eigenvalue weighted by atomic mass is 19.4. The number of fused-ring (bicyclic) bond motifs is 1. The third-order valence-corrected chi connectivity index (χ3v) is 7.46. The topological polar surface area (TPSA) is 149 Å². The number of benzene rings is 2. The number of aromatic nitrogens is 2. The number of hydrogen-bond acceptors (Lipinski definition) is 7. The van der Waals surface area contributed by atoms with Crippen molar-refractivity contribution >= 4 is 29.2 Å². The number of nitrogens with two attached hydrogens (primary N) is 1. The summed E-state index contributed by atoms with van der Waals surface area (Å²) in [4.78, 5) is 37.7. The number of carboxylic acid groups (broad SMARTS) is 1. The van der Waals surface area contributed by atoms with Crippen LogP contribution < -0.4 is 15.8 Å². The number of alkyl halides is 3. The van der Waals surface area contributed by atoms with E-state index in [-0.39, 0.29) is 61.8 Å². The van der Waals surface area contributed by atoms with Crippen molar-refractivity contribution in [2.75, 3.05) is 31.7 Å². The van der Waals surface area contributed by atoms with E-state index in [1.54, 1.807) is 45.0 Å². The second-order valence-electron chi connectivity index (χ2n) is 12.8. The molecule has 0 saturated heterocycles. The predicted molar refractivity (Wildman–Crippen MR) is 164 cm³/mol. The van der Waals surface area contributed by atoms with Gasteiger partial charge in [0, 0.05) is 24.2 Å². The van der Waals surface area contributed by atoms with Crippen LogP contribution >= 0.6 is 0 Å². The number of carbonyl (C=O) groups excluding carboxylic acids is 2. The zero-order valence-electron chi connectivity index (χ0n) is 26.3. The number of halogens is 3. The monoisotopic (exact) mass is 645 g/mol. The van der Waals surface area contributed by atoms with Gasteiger partial charge in [-0.3, -0.25) is 9.59 Å². The van der Waals surface area contributed by atoms with E-state index in [1.807, 2.05) is 13.8 Å². The Morgan fingerprint density at radius 3 is 2.33 bits per heavy atom. The summed E-state index contributed by atoms with van der Waals surface area (Å²) in [5, 5.41) is 16.3. The average molecular weight is 646 g/mol. The van der Waals surface area contributed by atoms with Crippen LogP contribution in [0.1, 0.15) is 73.1 Å². The van der Waals surface area contributed by atoms with E-state index < -0.39 is 46.2 Å². The van der Waals surface area contributed by atoms with Gasteiger partial charge in [-0.05, 0) is 75.1 Å². The Bertz CT molecular complexity index is 1610. The lowest BCUT2D eigenvalue weighted by atomic mass is 9.75. The van der Waals surface area contributed by atoms with E-state index in [0.717, 1.165) is 4.68 Å². The summed E-state index contributed by atoms with van der Waals surface area (Å²) in [5.74, 6) is -0.844. The Kier molecular flexibility index (Phi) is 9.71. The van der Waals surface area contributed by atoms with Crippen molar-refractivity contribution in [3.63, 3.8) is 0 Å². The van der Waals surface area contributed by atoms with Crippen molar-refractivity contribution in [2.45, 2.75) is 59.2 Å². The van der Waals surface area contributed by atoms with Crippen molar-refractivity contribution in [2.24, 2.45) is 11.1 Å². The fourth-order valence-corrected chi connectivity index (χ4v) is 5.33. The van der Waals surface area contributed by atoms with Gasteiger partial charge in [0.25, 0.3) is 5.91 Å². The fourth-order valence-electron chi connectivity index (χ4n) is 5.33. The molecular weight excluding hydrogens is 607 g/mol. The number of amides is 2. The predicted octanol–water partition coefficient (Wildman–Crippen LogP) is 6.06. The summed E-state index contributed by atoms with van der Waals surface area (Å²) in [6.07, 6.45) is -5.68. The molecule has 0 unspecified atom stereocenters. The number of hydrogen-bond donors (Lipinski definition) is 3. The normalized spacial score (nSPS) is 14.5. The number of ketones is 1. The highest BCUT2D eigenvalue weighted by molar-refractivity contribution is 6.01. The largest absolute Gasteiger partial charge is 0.491 e. The Morgan fingerprint density at radius 1 is 1.07 bits per heavy atom. The van der Waals surface area contributed by atoms with Crippen LogP contribution in [0.3, 0.4) is 0 Å². The zero-order chi connectivity index (χ0) is 34.0. The molecule has 3 aromatic rings. The molecule has 1 aliphatic rings. The molecule has 4 N–H and O–H groups in total. The molecule has 11 nitrogen and oxygen atoms in total. The van der Waals surface area contributed by atoms with E-state index in [2.05, 4.69) is 10.4 Å². The first-order valence-corrected chi connectivity index (χ1v) is 14.6. The molecule has 0 spiro atoms. The van der Waals surface area contributed by atoms with Crippen LogP contribution in [0.5, 0.6) is 5.75 Å². The van der Waals surface area contributed by atoms with Gasteiger partial charge in [0.05, 0.1) is 41.4 Å². The van der Waals surface area contributed by atoms with Crippen LogP contribution in [0.2, 0.25) is 0 Å². The maximum Gasteiger partial charge on any atom is 0.435 e. The number of ether oxygens (including phenoxy) is 2. The fraction of sp³-hybridized carbons (Fsp3) is 0.438. The maximum atomic E-state index is 13.9. The van der Waals surface area contributed by atoms with Gasteiger partial charge in [0.1, 0.15) is 12.4 Å². The summed E-state index contributed by atoms with van der Waals surface area (Å²) < 4.78 is 54.1. The van der Waals surface area contributed by atoms with Crippen LogP contribution in [0, 0.1) is 5.41 Å². The molecule has 0 atom stereocenters. The minimum Gasteiger partial charge on any atom is -0.491 e. The number of rotatable bonds is 11. The molecule has 0 aliphatic heterocycles. The third kappa shape index (κ3) is 7.97. The summed E-state index contributed by atoms with van der Waals surface area (Å²) in [6, 6.07) is 11.0. The van der Waals surface area contributed by atoms with Crippen molar-refractivity contribution in [3.05, 3.63) is 65.0 Å². The molecule has 0 fully saturated rings. The van der Waals surface area contributed by atoms with Gasteiger partial charge in [-0.1, -0.05) is 13.8 Å².